The summed E-state index contributed by atoms with van der Waals surface area (Å²) in [6.07, 6.45) is 0. The fourth-order valence-corrected chi connectivity index (χ4v) is 3.35. The van der Waals surface area contributed by atoms with Gasteiger partial charge in [-0.05, 0) is 31.5 Å². The molecule has 1 aliphatic rings. The van der Waals surface area contributed by atoms with Crippen molar-refractivity contribution in [3.8, 4) is 11.5 Å². The molecular weight excluding hydrogens is 398 g/mol. The van der Waals surface area contributed by atoms with E-state index in [2.05, 4.69) is 10.6 Å². The van der Waals surface area contributed by atoms with Gasteiger partial charge in [0.25, 0.3) is 11.8 Å². The molecule has 2 N–H and O–H groups in total. The van der Waals surface area contributed by atoms with Crippen LogP contribution in [0.15, 0.2) is 48.2 Å². The summed E-state index contributed by atoms with van der Waals surface area (Å²) in [4.78, 5) is 38.8. The first kappa shape index (κ1) is 21.9. The lowest BCUT2D eigenvalue weighted by molar-refractivity contribution is -0.138. The third kappa shape index (κ3) is 4.53. The van der Waals surface area contributed by atoms with E-state index in [1.807, 2.05) is 0 Å². The number of imide groups is 1. The third-order valence-corrected chi connectivity index (χ3v) is 4.75. The minimum atomic E-state index is -0.414. The first-order valence-electron chi connectivity index (χ1n) is 9.75. The molecule has 0 saturated heterocycles. The summed E-state index contributed by atoms with van der Waals surface area (Å²) in [6.45, 7) is 4.98. The highest BCUT2D eigenvalue weighted by Crippen LogP contribution is 2.34. The molecule has 3 rings (SSSR count). The van der Waals surface area contributed by atoms with E-state index in [-0.39, 0.29) is 29.1 Å². The Morgan fingerprint density at radius 1 is 0.903 bits per heavy atom. The predicted molar refractivity (Wildman–Crippen MR) is 118 cm³/mol. The topological polar surface area (TPSA) is 97.0 Å². The molecule has 0 bridgehead atoms. The van der Waals surface area contributed by atoms with E-state index >= 15 is 0 Å². The summed E-state index contributed by atoms with van der Waals surface area (Å²) >= 11 is 0. The van der Waals surface area contributed by atoms with Crippen molar-refractivity contribution in [3.05, 3.63) is 53.7 Å². The van der Waals surface area contributed by atoms with Gasteiger partial charge in [0.2, 0.25) is 5.91 Å². The van der Waals surface area contributed by atoms with Crippen molar-refractivity contribution in [2.24, 2.45) is 0 Å². The second-order valence-corrected chi connectivity index (χ2v) is 7.31. The molecule has 0 saturated carbocycles. The Hall–Kier alpha value is -3.81. The minimum Gasteiger partial charge on any atom is -0.497 e. The van der Waals surface area contributed by atoms with Gasteiger partial charge in [-0.15, -0.1) is 0 Å². The number of methoxy groups -OCH3 is 2. The lowest BCUT2D eigenvalue weighted by Crippen LogP contribution is -2.38. The highest BCUT2D eigenvalue weighted by Gasteiger charge is 2.40. The lowest BCUT2D eigenvalue weighted by Gasteiger charge is -2.19. The fraction of sp³-hybridized carbons (Fsp3) is 0.261. The van der Waals surface area contributed by atoms with Crippen LogP contribution in [0.5, 0.6) is 11.5 Å². The molecule has 1 aliphatic heterocycles. The highest BCUT2D eigenvalue weighted by molar-refractivity contribution is 6.36. The molecule has 0 aliphatic carbocycles. The number of nitrogens with zero attached hydrogens (tertiary/aromatic N) is 1. The van der Waals surface area contributed by atoms with Gasteiger partial charge < -0.3 is 20.1 Å². The van der Waals surface area contributed by atoms with Crippen LogP contribution in [0.4, 0.5) is 11.4 Å². The summed E-state index contributed by atoms with van der Waals surface area (Å²) in [5.74, 6) is 0.0917. The molecular formula is C23H25N3O5. The maximum Gasteiger partial charge on any atom is 0.278 e. The van der Waals surface area contributed by atoms with Crippen LogP contribution < -0.4 is 20.1 Å². The minimum absolute atomic E-state index is 0.168. The Kier molecular flexibility index (Phi) is 6.29. The van der Waals surface area contributed by atoms with E-state index in [9.17, 15) is 14.4 Å². The van der Waals surface area contributed by atoms with Crippen molar-refractivity contribution in [2.45, 2.75) is 26.8 Å². The summed E-state index contributed by atoms with van der Waals surface area (Å²) in [5, 5.41) is 5.77. The Balaban J connectivity index is 2.07. The largest absolute Gasteiger partial charge is 0.497 e. The first-order valence-corrected chi connectivity index (χ1v) is 9.75. The number of anilines is 2. The number of ether oxygens (including phenoxy) is 2. The number of benzene rings is 2. The Morgan fingerprint density at radius 2 is 1.48 bits per heavy atom. The van der Waals surface area contributed by atoms with Crippen molar-refractivity contribution < 1.29 is 23.9 Å². The molecule has 2 aromatic carbocycles. The van der Waals surface area contributed by atoms with Gasteiger partial charge in [0.05, 0.1) is 19.8 Å². The summed E-state index contributed by atoms with van der Waals surface area (Å²) in [5.41, 5.74) is 2.14. The molecule has 0 atom stereocenters. The zero-order chi connectivity index (χ0) is 22.7. The van der Waals surface area contributed by atoms with Crippen LogP contribution in [0.1, 0.15) is 26.3 Å². The molecule has 0 fully saturated rings. The quantitative estimate of drug-likeness (QED) is 0.664. The Morgan fingerprint density at radius 3 is 1.97 bits per heavy atom. The zero-order valence-corrected chi connectivity index (χ0v) is 18.1. The summed E-state index contributed by atoms with van der Waals surface area (Å²) in [7, 11) is 3.06. The second-order valence-electron chi connectivity index (χ2n) is 7.31. The van der Waals surface area contributed by atoms with Crippen molar-refractivity contribution in [3.63, 3.8) is 0 Å². The maximum absolute atomic E-state index is 13.2. The predicted octanol–water partition coefficient (Wildman–Crippen LogP) is 3.26. The third-order valence-electron chi connectivity index (χ3n) is 4.75. The van der Waals surface area contributed by atoms with E-state index < -0.39 is 5.91 Å². The van der Waals surface area contributed by atoms with Crippen LogP contribution in [-0.4, -0.2) is 42.9 Å². The molecule has 3 amide bonds. The van der Waals surface area contributed by atoms with Crippen LogP contribution in [0.2, 0.25) is 0 Å². The molecule has 31 heavy (non-hydrogen) atoms. The molecule has 8 heteroatoms. The molecule has 0 spiro atoms. The van der Waals surface area contributed by atoms with E-state index in [4.69, 9.17) is 9.47 Å². The van der Waals surface area contributed by atoms with Gasteiger partial charge in [-0.1, -0.05) is 12.1 Å². The van der Waals surface area contributed by atoms with Gasteiger partial charge in [0, 0.05) is 42.5 Å². The van der Waals surface area contributed by atoms with Crippen molar-refractivity contribution >= 4 is 34.7 Å². The number of rotatable bonds is 7. The molecule has 8 nitrogen and oxygen atoms in total. The van der Waals surface area contributed by atoms with Crippen molar-refractivity contribution in [1.29, 1.82) is 0 Å². The van der Waals surface area contributed by atoms with E-state index in [0.29, 0.717) is 28.4 Å². The number of hydrogen-bond donors (Lipinski definition) is 2. The van der Waals surface area contributed by atoms with Crippen LogP contribution in [-0.2, 0) is 14.4 Å². The monoisotopic (exact) mass is 423 g/mol. The van der Waals surface area contributed by atoms with Gasteiger partial charge in [0.15, 0.2) is 0 Å². The number of amides is 3. The molecule has 0 aromatic heterocycles. The van der Waals surface area contributed by atoms with Crippen LogP contribution >= 0.6 is 0 Å². The average Bonchev–Trinajstić information content (AvgIpc) is 2.97. The van der Waals surface area contributed by atoms with E-state index in [1.165, 1.54) is 26.0 Å². The molecule has 2 aromatic rings. The van der Waals surface area contributed by atoms with Crippen LogP contribution in [0, 0.1) is 0 Å². The number of carbonyl (C=O) groups is 3. The van der Waals surface area contributed by atoms with Gasteiger partial charge >= 0.3 is 0 Å². The fourth-order valence-electron chi connectivity index (χ4n) is 3.35. The standard InChI is InChI=1S/C23H25N3O5/c1-13(2)26-22(28)20(15-6-8-16(9-7-15)24-14(3)27)21(23(26)29)25-17-10-18(30-4)12-19(11-17)31-5/h6-13,25H,1-5H3,(H,24,27). The number of carbonyl (C=O) groups excluding carboxylic acids is 3. The molecule has 0 unspecified atom stereocenters. The maximum atomic E-state index is 13.2. The summed E-state index contributed by atoms with van der Waals surface area (Å²) < 4.78 is 10.6. The molecule has 1 heterocycles. The van der Waals surface area contributed by atoms with Crippen molar-refractivity contribution in [2.75, 3.05) is 24.9 Å². The molecule has 162 valence electrons. The Bertz CT molecular complexity index is 1040. The number of nitrogens with one attached hydrogen (secondary N) is 2. The van der Waals surface area contributed by atoms with E-state index in [0.717, 1.165) is 0 Å². The van der Waals surface area contributed by atoms with E-state index in [1.54, 1.807) is 56.3 Å². The smallest absolute Gasteiger partial charge is 0.278 e. The van der Waals surface area contributed by atoms with Gasteiger partial charge in [-0.3, -0.25) is 19.3 Å². The van der Waals surface area contributed by atoms with Gasteiger partial charge in [0.1, 0.15) is 17.2 Å². The average molecular weight is 423 g/mol. The molecule has 0 radical (unpaired) electrons. The zero-order valence-electron chi connectivity index (χ0n) is 18.1. The SMILES string of the molecule is COc1cc(NC2=C(c3ccc(NC(C)=O)cc3)C(=O)N(C(C)C)C2=O)cc(OC)c1. The van der Waals surface area contributed by atoms with Gasteiger partial charge in [-0.25, -0.2) is 0 Å². The second kappa shape index (κ2) is 8.91. The number of hydrogen-bond acceptors (Lipinski definition) is 6. The highest BCUT2D eigenvalue weighted by atomic mass is 16.5. The van der Waals surface area contributed by atoms with Crippen LogP contribution in [0.3, 0.4) is 0 Å². The van der Waals surface area contributed by atoms with Gasteiger partial charge in [-0.2, -0.15) is 0 Å². The van der Waals surface area contributed by atoms with Crippen LogP contribution in [0.25, 0.3) is 5.57 Å². The first-order chi connectivity index (χ1) is 14.7. The van der Waals surface area contributed by atoms with Crippen molar-refractivity contribution in [1.82, 2.24) is 4.90 Å². The Labute approximate surface area is 180 Å². The normalized spacial score (nSPS) is 13.7. The lowest BCUT2D eigenvalue weighted by atomic mass is 10.0. The summed E-state index contributed by atoms with van der Waals surface area (Å²) in [6, 6.07) is 11.6.